The average Bonchev–Trinajstić information content (AvgIpc) is 2.11. The summed E-state index contributed by atoms with van der Waals surface area (Å²) >= 11 is 0. The molecule has 0 saturated heterocycles. The van der Waals surface area contributed by atoms with Crippen molar-refractivity contribution in [1.82, 2.24) is 0 Å². The first-order valence-electron chi connectivity index (χ1n) is 4.79. The van der Waals surface area contributed by atoms with E-state index in [0.717, 1.165) is 19.1 Å². The highest BCUT2D eigenvalue weighted by atomic mass is 16.5. The van der Waals surface area contributed by atoms with Gasteiger partial charge in [-0.2, -0.15) is 0 Å². The van der Waals surface area contributed by atoms with Gasteiger partial charge in [-0.1, -0.05) is 5.57 Å². The van der Waals surface area contributed by atoms with Gasteiger partial charge in [0.15, 0.2) is 0 Å². The van der Waals surface area contributed by atoms with Gasteiger partial charge >= 0.3 is 5.97 Å². The van der Waals surface area contributed by atoms with Crippen LogP contribution in [0.2, 0.25) is 0 Å². The Bertz CT molecular complexity index is 280. The van der Waals surface area contributed by atoms with Crippen molar-refractivity contribution >= 4 is 12.3 Å². The zero-order valence-corrected chi connectivity index (χ0v) is 8.87. The van der Waals surface area contributed by atoms with E-state index >= 15 is 0 Å². The maximum Gasteiger partial charge on any atom is 0.303 e. The van der Waals surface area contributed by atoms with Crippen LogP contribution in [-0.4, -0.2) is 18.4 Å². The molecule has 1 aliphatic rings. The number of hydrogen-bond acceptors (Lipinski definition) is 3. The van der Waals surface area contributed by atoms with Crippen LogP contribution < -0.4 is 0 Å². The summed E-state index contributed by atoms with van der Waals surface area (Å²) in [5.74, 6) is -0.339. The monoisotopic (exact) mass is 196 g/mol. The Balaban J connectivity index is 2.88. The van der Waals surface area contributed by atoms with Crippen LogP contribution in [0.5, 0.6) is 0 Å². The molecule has 0 aromatic carbocycles. The minimum atomic E-state index is -0.550. The summed E-state index contributed by atoms with van der Waals surface area (Å²) in [5.41, 5.74) is 0.626. The molecule has 0 radical (unpaired) electrons. The molecule has 0 aliphatic heterocycles. The molecule has 0 N–H and O–H groups in total. The quantitative estimate of drug-likeness (QED) is 0.384. The molecule has 0 amide bonds. The predicted molar refractivity (Wildman–Crippen MR) is 52.7 cm³/mol. The van der Waals surface area contributed by atoms with Crippen molar-refractivity contribution in [2.24, 2.45) is 5.41 Å². The van der Waals surface area contributed by atoms with Crippen LogP contribution in [0, 0.1) is 5.41 Å². The molecule has 1 rings (SSSR count). The second-order valence-electron chi connectivity index (χ2n) is 4.17. The van der Waals surface area contributed by atoms with Gasteiger partial charge < -0.3 is 9.53 Å². The number of aldehydes is 1. The molecule has 3 nitrogen and oxygen atoms in total. The Morgan fingerprint density at radius 2 is 2.36 bits per heavy atom. The average molecular weight is 196 g/mol. The predicted octanol–water partition coefficient (Wildman–Crippen LogP) is 1.86. The first kappa shape index (κ1) is 11.0. The number of carbonyl (C=O) groups excluding carboxylic acids is 2. The molecule has 0 saturated carbocycles. The van der Waals surface area contributed by atoms with Gasteiger partial charge in [0, 0.05) is 6.92 Å². The number of esters is 1. The Labute approximate surface area is 84.1 Å². The van der Waals surface area contributed by atoms with Crippen LogP contribution in [0.15, 0.2) is 11.6 Å². The molecule has 0 heterocycles. The van der Waals surface area contributed by atoms with Gasteiger partial charge in [-0.25, -0.2) is 0 Å². The number of carbonyl (C=O) groups is 2. The van der Waals surface area contributed by atoms with Gasteiger partial charge in [-0.3, -0.25) is 4.79 Å². The summed E-state index contributed by atoms with van der Waals surface area (Å²) in [5, 5.41) is 0. The number of hydrogen-bond donors (Lipinski definition) is 0. The van der Waals surface area contributed by atoms with E-state index in [9.17, 15) is 9.59 Å². The lowest BCUT2D eigenvalue weighted by molar-refractivity contribution is -0.151. The van der Waals surface area contributed by atoms with Gasteiger partial charge in [0.1, 0.15) is 12.4 Å². The standard InChI is InChI=1S/C11H16O3/c1-8-4-5-11(3,7-12)10(6-8)14-9(2)13/h6-7,10H,4-5H2,1-3H3/t10-,11-/m0/s1. The second-order valence-corrected chi connectivity index (χ2v) is 4.17. The lowest BCUT2D eigenvalue weighted by Gasteiger charge is -2.34. The van der Waals surface area contributed by atoms with Crippen LogP contribution >= 0.6 is 0 Å². The molecule has 0 fully saturated rings. The smallest absolute Gasteiger partial charge is 0.303 e. The number of rotatable bonds is 2. The van der Waals surface area contributed by atoms with Crippen molar-refractivity contribution in [2.75, 3.05) is 0 Å². The molecular formula is C11H16O3. The molecule has 14 heavy (non-hydrogen) atoms. The normalized spacial score (nSPS) is 31.9. The third-order valence-electron chi connectivity index (χ3n) is 2.71. The van der Waals surface area contributed by atoms with Crippen molar-refractivity contribution in [3.63, 3.8) is 0 Å². The highest BCUT2D eigenvalue weighted by Crippen LogP contribution is 2.35. The van der Waals surface area contributed by atoms with Crippen molar-refractivity contribution < 1.29 is 14.3 Å². The summed E-state index contributed by atoms with van der Waals surface area (Å²) in [6.07, 6.45) is 4.01. The Kier molecular flexibility index (Phi) is 3.09. The van der Waals surface area contributed by atoms with E-state index in [1.807, 2.05) is 19.9 Å². The van der Waals surface area contributed by atoms with E-state index in [0.29, 0.717) is 0 Å². The lowest BCUT2D eigenvalue weighted by Crippen LogP contribution is -2.38. The van der Waals surface area contributed by atoms with Crippen molar-refractivity contribution in [3.05, 3.63) is 11.6 Å². The van der Waals surface area contributed by atoms with Crippen molar-refractivity contribution in [1.29, 1.82) is 0 Å². The minimum absolute atomic E-state index is 0.339. The molecule has 2 atom stereocenters. The third-order valence-corrected chi connectivity index (χ3v) is 2.71. The van der Waals surface area contributed by atoms with E-state index in [-0.39, 0.29) is 5.97 Å². The van der Waals surface area contributed by atoms with E-state index in [1.54, 1.807) is 0 Å². The Morgan fingerprint density at radius 3 is 2.86 bits per heavy atom. The fraction of sp³-hybridized carbons (Fsp3) is 0.636. The number of allylic oxidation sites excluding steroid dienone is 1. The first-order chi connectivity index (χ1) is 6.48. The van der Waals surface area contributed by atoms with Crippen LogP contribution in [0.1, 0.15) is 33.6 Å². The zero-order valence-electron chi connectivity index (χ0n) is 8.87. The van der Waals surface area contributed by atoms with Gasteiger partial charge in [0.25, 0.3) is 0 Å². The second kappa shape index (κ2) is 3.95. The van der Waals surface area contributed by atoms with Crippen LogP contribution in [0.4, 0.5) is 0 Å². The van der Waals surface area contributed by atoms with Gasteiger partial charge in [-0.05, 0) is 32.8 Å². The van der Waals surface area contributed by atoms with Gasteiger partial charge in [0.2, 0.25) is 0 Å². The van der Waals surface area contributed by atoms with Crippen molar-refractivity contribution in [2.45, 2.75) is 39.7 Å². The zero-order chi connectivity index (χ0) is 10.8. The van der Waals surface area contributed by atoms with E-state index in [1.165, 1.54) is 12.5 Å². The summed E-state index contributed by atoms with van der Waals surface area (Å²) in [6, 6.07) is 0. The molecule has 1 aliphatic carbocycles. The van der Waals surface area contributed by atoms with Crippen LogP contribution in [0.3, 0.4) is 0 Å². The minimum Gasteiger partial charge on any atom is -0.457 e. The molecule has 0 bridgehead atoms. The maximum atomic E-state index is 11.0. The highest BCUT2D eigenvalue weighted by molar-refractivity contribution is 5.68. The van der Waals surface area contributed by atoms with Crippen LogP contribution in [0.25, 0.3) is 0 Å². The van der Waals surface area contributed by atoms with E-state index in [2.05, 4.69) is 0 Å². The Hall–Kier alpha value is -1.12. The van der Waals surface area contributed by atoms with E-state index in [4.69, 9.17) is 4.74 Å². The third kappa shape index (κ3) is 2.22. The molecule has 3 heteroatoms. The molecule has 0 aromatic heterocycles. The maximum absolute atomic E-state index is 11.0. The van der Waals surface area contributed by atoms with Gasteiger partial charge in [0.05, 0.1) is 5.41 Å². The SMILES string of the molecule is CC(=O)O[C@H]1C=C(C)CC[C@@]1(C)C=O. The summed E-state index contributed by atoms with van der Waals surface area (Å²) in [4.78, 5) is 21.8. The summed E-state index contributed by atoms with van der Waals surface area (Å²) in [7, 11) is 0. The molecule has 0 spiro atoms. The number of ether oxygens (including phenoxy) is 1. The summed E-state index contributed by atoms with van der Waals surface area (Å²) in [6.45, 7) is 5.18. The lowest BCUT2D eigenvalue weighted by atomic mass is 9.76. The highest BCUT2D eigenvalue weighted by Gasteiger charge is 2.37. The molecule has 0 unspecified atom stereocenters. The topological polar surface area (TPSA) is 43.4 Å². The van der Waals surface area contributed by atoms with Crippen LogP contribution in [-0.2, 0) is 14.3 Å². The first-order valence-corrected chi connectivity index (χ1v) is 4.79. The fourth-order valence-electron chi connectivity index (χ4n) is 1.61. The molecular weight excluding hydrogens is 180 g/mol. The largest absolute Gasteiger partial charge is 0.457 e. The molecule has 0 aromatic rings. The van der Waals surface area contributed by atoms with Gasteiger partial charge in [-0.15, -0.1) is 0 Å². The summed E-state index contributed by atoms with van der Waals surface area (Å²) < 4.78 is 5.12. The molecule has 78 valence electrons. The van der Waals surface area contributed by atoms with E-state index < -0.39 is 11.5 Å². The fourth-order valence-corrected chi connectivity index (χ4v) is 1.61. The van der Waals surface area contributed by atoms with Crippen molar-refractivity contribution in [3.8, 4) is 0 Å². The Morgan fingerprint density at radius 1 is 1.71 bits per heavy atom.